The van der Waals surface area contributed by atoms with Gasteiger partial charge in [-0.2, -0.15) is 5.10 Å². The van der Waals surface area contributed by atoms with E-state index >= 15 is 0 Å². The Hall–Kier alpha value is -2.89. The summed E-state index contributed by atoms with van der Waals surface area (Å²) in [4.78, 5) is 0. The Balaban J connectivity index is 1.46. The van der Waals surface area contributed by atoms with Crippen LogP contribution in [0.2, 0.25) is 5.02 Å². The van der Waals surface area contributed by atoms with E-state index in [1.807, 2.05) is 66.7 Å². The normalized spacial score (nSPS) is 10.6. The molecule has 0 saturated heterocycles. The molecule has 0 spiro atoms. The molecule has 0 aliphatic rings. The number of hydrogen-bond acceptors (Lipinski definition) is 3. The number of rotatable bonds is 6. The smallest absolute Gasteiger partial charge is 0.191 e. The van der Waals surface area contributed by atoms with Crippen molar-refractivity contribution in [3.05, 3.63) is 95.0 Å². The molecule has 3 aromatic carbocycles. The summed E-state index contributed by atoms with van der Waals surface area (Å²) in [7, 11) is 0. The van der Waals surface area contributed by atoms with Gasteiger partial charge in [0.15, 0.2) is 5.11 Å². The first-order valence-electron chi connectivity index (χ1n) is 8.31. The van der Waals surface area contributed by atoms with Crippen LogP contribution >= 0.6 is 23.8 Å². The standard InChI is InChI=1S/C21H18ClN3OS/c22-18-7-4-8-19(13-18)24-21(27)25-23-14-16-9-11-20(12-10-16)26-15-17-5-2-1-3-6-17/h1-14H,15H2,(H2,24,25,27). The lowest BCUT2D eigenvalue weighted by atomic mass is 10.2. The Labute approximate surface area is 168 Å². The van der Waals surface area contributed by atoms with Gasteiger partial charge in [-0.25, -0.2) is 0 Å². The Bertz CT molecular complexity index is 914. The van der Waals surface area contributed by atoms with E-state index in [1.165, 1.54) is 0 Å². The van der Waals surface area contributed by atoms with Crippen LogP contribution in [0.25, 0.3) is 0 Å². The average Bonchev–Trinajstić information content (AvgIpc) is 2.68. The molecule has 27 heavy (non-hydrogen) atoms. The zero-order valence-electron chi connectivity index (χ0n) is 14.4. The Morgan fingerprint density at radius 3 is 2.52 bits per heavy atom. The van der Waals surface area contributed by atoms with E-state index in [0.717, 1.165) is 22.6 Å². The van der Waals surface area contributed by atoms with Crippen LogP contribution in [0.3, 0.4) is 0 Å². The van der Waals surface area contributed by atoms with Gasteiger partial charge in [0.2, 0.25) is 0 Å². The van der Waals surface area contributed by atoms with Crippen molar-refractivity contribution in [2.24, 2.45) is 5.10 Å². The highest BCUT2D eigenvalue weighted by Gasteiger charge is 1.98. The molecule has 0 aliphatic heterocycles. The van der Waals surface area contributed by atoms with E-state index in [4.69, 9.17) is 28.6 Å². The summed E-state index contributed by atoms with van der Waals surface area (Å²) in [5, 5.41) is 8.17. The zero-order valence-corrected chi connectivity index (χ0v) is 16.0. The van der Waals surface area contributed by atoms with E-state index in [-0.39, 0.29) is 0 Å². The van der Waals surface area contributed by atoms with E-state index in [2.05, 4.69) is 15.8 Å². The maximum absolute atomic E-state index is 5.94. The molecule has 3 aromatic rings. The van der Waals surface area contributed by atoms with Crippen LogP contribution in [-0.4, -0.2) is 11.3 Å². The number of benzene rings is 3. The monoisotopic (exact) mass is 395 g/mol. The molecule has 0 aromatic heterocycles. The molecule has 6 heteroatoms. The highest BCUT2D eigenvalue weighted by Crippen LogP contribution is 2.15. The molecule has 136 valence electrons. The molecule has 3 rings (SSSR count). The molecule has 0 bridgehead atoms. The molecular weight excluding hydrogens is 378 g/mol. The number of hydrogen-bond donors (Lipinski definition) is 2. The molecule has 0 amide bonds. The topological polar surface area (TPSA) is 45.7 Å². The quantitative estimate of drug-likeness (QED) is 0.340. The third-order valence-electron chi connectivity index (χ3n) is 3.59. The van der Waals surface area contributed by atoms with Crippen molar-refractivity contribution in [1.29, 1.82) is 0 Å². The Morgan fingerprint density at radius 1 is 1.00 bits per heavy atom. The van der Waals surface area contributed by atoms with Crippen LogP contribution < -0.4 is 15.5 Å². The first-order chi connectivity index (χ1) is 13.2. The van der Waals surface area contributed by atoms with Gasteiger partial charge in [-0.05, 0) is 65.8 Å². The SMILES string of the molecule is S=C(NN=Cc1ccc(OCc2ccccc2)cc1)Nc1cccc(Cl)c1. The summed E-state index contributed by atoms with van der Waals surface area (Å²) in [6, 6.07) is 25.0. The fraction of sp³-hybridized carbons (Fsp3) is 0.0476. The van der Waals surface area contributed by atoms with Crippen LogP contribution in [0.5, 0.6) is 5.75 Å². The second-order valence-electron chi connectivity index (χ2n) is 5.68. The van der Waals surface area contributed by atoms with Crippen LogP contribution in [0.15, 0.2) is 84.0 Å². The molecule has 0 saturated carbocycles. The van der Waals surface area contributed by atoms with Gasteiger partial charge >= 0.3 is 0 Å². The van der Waals surface area contributed by atoms with Crippen molar-refractivity contribution in [2.75, 3.05) is 5.32 Å². The minimum Gasteiger partial charge on any atom is -0.489 e. The lowest BCUT2D eigenvalue weighted by Crippen LogP contribution is -2.23. The van der Waals surface area contributed by atoms with Crippen molar-refractivity contribution < 1.29 is 4.74 Å². The highest BCUT2D eigenvalue weighted by molar-refractivity contribution is 7.80. The van der Waals surface area contributed by atoms with Crippen molar-refractivity contribution >= 4 is 40.8 Å². The average molecular weight is 396 g/mol. The fourth-order valence-corrected chi connectivity index (χ4v) is 2.64. The number of nitrogens with one attached hydrogen (secondary N) is 2. The predicted molar refractivity (Wildman–Crippen MR) is 116 cm³/mol. The summed E-state index contributed by atoms with van der Waals surface area (Å²) < 4.78 is 5.76. The zero-order chi connectivity index (χ0) is 18.9. The largest absolute Gasteiger partial charge is 0.489 e. The van der Waals surface area contributed by atoms with Gasteiger partial charge < -0.3 is 10.1 Å². The summed E-state index contributed by atoms with van der Waals surface area (Å²) in [5.41, 5.74) is 5.64. The van der Waals surface area contributed by atoms with Gasteiger partial charge in [0.25, 0.3) is 0 Å². The predicted octanol–water partition coefficient (Wildman–Crippen LogP) is 5.24. The second kappa shape index (κ2) is 9.71. The molecule has 0 heterocycles. The summed E-state index contributed by atoms with van der Waals surface area (Å²) >= 11 is 11.1. The van der Waals surface area contributed by atoms with Gasteiger partial charge in [0.1, 0.15) is 12.4 Å². The maximum atomic E-state index is 5.94. The number of nitrogens with zero attached hydrogens (tertiary/aromatic N) is 1. The number of halogens is 1. The minimum atomic E-state index is 0.385. The second-order valence-corrected chi connectivity index (χ2v) is 6.52. The van der Waals surface area contributed by atoms with Crippen LogP contribution in [0, 0.1) is 0 Å². The third-order valence-corrected chi connectivity index (χ3v) is 4.02. The molecule has 0 aliphatic carbocycles. The molecule has 0 unspecified atom stereocenters. The van der Waals surface area contributed by atoms with Crippen molar-refractivity contribution in [3.8, 4) is 5.75 Å². The molecule has 0 atom stereocenters. The van der Waals surface area contributed by atoms with Gasteiger partial charge in [-0.1, -0.05) is 48.0 Å². The highest BCUT2D eigenvalue weighted by atomic mass is 35.5. The molecule has 0 radical (unpaired) electrons. The number of hydrazone groups is 1. The van der Waals surface area contributed by atoms with E-state index < -0.39 is 0 Å². The van der Waals surface area contributed by atoms with E-state index in [1.54, 1.807) is 18.3 Å². The molecule has 0 fully saturated rings. The molecular formula is C21H18ClN3OS. The van der Waals surface area contributed by atoms with Crippen LogP contribution in [0.4, 0.5) is 5.69 Å². The van der Waals surface area contributed by atoms with Crippen molar-refractivity contribution in [3.63, 3.8) is 0 Å². The first kappa shape index (κ1) is 18.9. The first-order valence-corrected chi connectivity index (χ1v) is 9.10. The summed E-state index contributed by atoms with van der Waals surface area (Å²) in [5.74, 6) is 0.808. The third kappa shape index (κ3) is 6.40. The van der Waals surface area contributed by atoms with Gasteiger partial charge in [0.05, 0.1) is 6.21 Å². The number of ether oxygens (including phenoxy) is 1. The van der Waals surface area contributed by atoms with Crippen molar-refractivity contribution in [2.45, 2.75) is 6.61 Å². The van der Waals surface area contributed by atoms with Crippen LogP contribution in [-0.2, 0) is 6.61 Å². The Kier molecular flexibility index (Phi) is 6.79. The van der Waals surface area contributed by atoms with E-state index in [0.29, 0.717) is 16.7 Å². The van der Waals surface area contributed by atoms with E-state index in [9.17, 15) is 0 Å². The maximum Gasteiger partial charge on any atom is 0.191 e. The van der Waals surface area contributed by atoms with Crippen LogP contribution in [0.1, 0.15) is 11.1 Å². The lowest BCUT2D eigenvalue weighted by Gasteiger charge is -2.07. The minimum absolute atomic E-state index is 0.385. The van der Waals surface area contributed by atoms with Gasteiger partial charge in [-0.15, -0.1) is 0 Å². The molecule has 4 nitrogen and oxygen atoms in total. The van der Waals surface area contributed by atoms with Crippen molar-refractivity contribution in [1.82, 2.24) is 5.43 Å². The summed E-state index contributed by atoms with van der Waals surface area (Å²) in [6.07, 6.45) is 1.69. The number of thiocarbonyl (C=S) groups is 1. The molecule has 2 N–H and O–H groups in total. The van der Waals surface area contributed by atoms with Gasteiger partial charge in [0, 0.05) is 10.7 Å². The fourth-order valence-electron chi connectivity index (χ4n) is 2.28. The van der Waals surface area contributed by atoms with Gasteiger partial charge in [-0.3, -0.25) is 5.43 Å². The summed E-state index contributed by atoms with van der Waals surface area (Å²) in [6.45, 7) is 0.541. The Morgan fingerprint density at radius 2 is 1.78 bits per heavy atom. The lowest BCUT2D eigenvalue weighted by molar-refractivity contribution is 0.306. The number of anilines is 1.